The Labute approximate surface area is 129 Å². The van der Waals surface area contributed by atoms with Crippen molar-refractivity contribution >= 4 is 15.9 Å². The summed E-state index contributed by atoms with van der Waals surface area (Å²) in [5.41, 5.74) is -0.233. The van der Waals surface area contributed by atoms with E-state index in [0.717, 1.165) is 6.07 Å². The number of methoxy groups -OCH3 is 2. The summed E-state index contributed by atoms with van der Waals surface area (Å²) in [5.74, 6) is -0.941. The average Bonchev–Trinajstić information content (AvgIpc) is 2.50. The molecule has 0 heterocycles. The van der Waals surface area contributed by atoms with Gasteiger partial charge in [0, 0.05) is 5.56 Å². The Morgan fingerprint density at radius 2 is 1.81 bits per heavy atom. The highest BCUT2D eigenvalue weighted by atomic mass is 79.9. The topological polar surface area (TPSA) is 38.7 Å². The summed E-state index contributed by atoms with van der Waals surface area (Å²) >= 11 is 2.98. The first-order valence-corrected chi connectivity index (χ1v) is 6.82. The predicted molar refractivity (Wildman–Crippen MR) is 77.7 cm³/mol. The van der Waals surface area contributed by atoms with Crippen molar-refractivity contribution in [3.05, 3.63) is 57.6 Å². The molecule has 21 heavy (non-hydrogen) atoms. The van der Waals surface area contributed by atoms with Gasteiger partial charge < -0.3 is 14.6 Å². The standard InChI is InChI=1S/C15H13BrF2O3/c1-20-8-3-6-12(21-2)9(7-8)15(19)13-11(17)5-4-10(16)14(13)18/h3-7,15,19H,1-2H3. The molecule has 0 aliphatic carbocycles. The fraction of sp³-hybridized carbons (Fsp3) is 0.200. The van der Waals surface area contributed by atoms with Crippen LogP contribution in [0.4, 0.5) is 8.78 Å². The fourth-order valence-corrected chi connectivity index (χ4v) is 2.35. The first-order chi connectivity index (χ1) is 9.99. The Balaban J connectivity index is 2.59. The van der Waals surface area contributed by atoms with Crippen molar-refractivity contribution in [2.75, 3.05) is 14.2 Å². The van der Waals surface area contributed by atoms with E-state index in [9.17, 15) is 13.9 Å². The summed E-state index contributed by atoms with van der Waals surface area (Å²) in [4.78, 5) is 0. The molecular formula is C15H13BrF2O3. The monoisotopic (exact) mass is 358 g/mol. The van der Waals surface area contributed by atoms with E-state index in [1.807, 2.05) is 0 Å². The molecule has 0 spiro atoms. The molecule has 2 aromatic carbocycles. The van der Waals surface area contributed by atoms with E-state index in [1.54, 1.807) is 12.1 Å². The van der Waals surface area contributed by atoms with Crippen molar-refractivity contribution in [3.8, 4) is 11.5 Å². The Kier molecular flexibility index (Phi) is 4.80. The van der Waals surface area contributed by atoms with Crippen LogP contribution in [0.1, 0.15) is 17.2 Å². The number of aliphatic hydroxyl groups excluding tert-OH is 1. The van der Waals surface area contributed by atoms with Crippen LogP contribution in [0.2, 0.25) is 0 Å². The summed E-state index contributed by atoms with van der Waals surface area (Å²) < 4.78 is 38.2. The van der Waals surface area contributed by atoms with Gasteiger partial charge in [0.15, 0.2) is 0 Å². The summed E-state index contributed by atoms with van der Waals surface area (Å²) in [6.45, 7) is 0. The maximum absolute atomic E-state index is 14.1. The molecule has 112 valence electrons. The summed E-state index contributed by atoms with van der Waals surface area (Å²) in [5, 5.41) is 10.4. The lowest BCUT2D eigenvalue weighted by Crippen LogP contribution is -2.08. The van der Waals surface area contributed by atoms with E-state index in [1.165, 1.54) is 26.4 Å². The maximum Gasteiger partial charge on any atom is 0.146 e. The van der Waals surface area contributed by atoms with Crippen LogP contribution in [-0.2, 0) is 0 Å². The van der Waals surface area contributed by atoms with Gasteiger partial charge in [-0.15, -0.1) is 0 Å². The Morgan fingerprint density at radius 1 is 1.10 bits per heavy atom. The molecule has 0 aliphatic heterocycles. The van der Waals surface area contributed by atoms with Gasteiger partial charge in [0.25, 0.3) is 0 Å². The third kappa shape index (κ3) is 3.01. The predicted octanol–water partition coefficient (Wildman–Crippen LogP) is 3.83. The van der Waals surface area contributed by atoms with Crippen molar-refractivity contribution in [2.45, 2.75) is 6.10 Å². The number of halogens is 3. The Bertz CT molecular complexity index is 662. The molecule has 0 amide bonds. The largest absolute Gasteiger partial charge is 0.497 e. The van der Waals surface area contributed by atoms with Crippen LogP contribution in [-0.4, -0.2) is 19.3 Å². The molecular weight excluding hydrogens is 346 g/mol. The van der Waals surface area contributed by atoms with Gasteiger partial charge in [-0.25, -0.2) is 8.78 Å². The summed E-state index contributed by atoms with van der Waals surface area (Å²) in [6, 6.07) is 6.99. The fourth-order valence-electron chi connectivity index (χ4n) is 2.00. The first-order valence-electron chi connectivity index (χ1n) is 6.03. The molecule has 0 radical (unpaired) electrons. The molecule has 0 aromatic heterocycles. The molecule has 0 saturated carbocycles. The van der Waals surface area contributed by atoms with Crippen LogP contribution >= 0.6 is 15.9 Å². The van der Waals surface area contributed by atoms with Crippen molar-refractivity contribution in [1.29, 1.82) is 0 Å². The molecule has 0 bridgehead atoms. The number of benzene rings is 2. The zero-order valence-electron chi connectivity index (χ0n) is 11.4. The van der Waals surface area contributed by atoms with E-state index in [4.69, 9.17) is 9.47 Å². The minimum absolute atomic E-state index is 0.0693. The smallest absolute Gasteiger partial charge is 0.146 e. The molecule has 0 aliphatic rings. The number of rotatable bonds is 4. The molecule has 1 unspecified atom stereocenters. The second-order valence-corrected chi connectivity index (χ2v) is 5.12. The van der Waals surface area contributed by atoms with Gasteiger partial charge in [-0.3, -0.25) is 0 Å². The molecule has 1 atom stereocenters. The van der Waals surface area contributed by atoms with E-state index in [2.05, 4.69) is 15.9 Å². The van der Waals surface area contributed by atoms with Gasteiger partial charge in [0.1, 0.15) is 29.2 Å². The van der Waals surface area contributed by atoms with Gasteiger partial charge in [0.05, 0.1) is 24.3 Å². The Morgan fingerprint density at radius 3 is 2.43 bits per heavy atom. The Hall–Kier alpha value is -1.66. The average molecular weight is 359 g/mol. The maximum atomic E-state index is 14.1. The van der Waals surface area contributed by atoms with Crippen LogP contribution < -0.4 is 9.47 Å². The highest BCUT2D eigenvalue weighted by molar-refractivity contribution is 9.10. The summed E-state index contributed by atoms with van der Waals surface area (Å²) in [7, 11) is 2.86. The number of ether oxygens (including phenoxy) is 2. The zero-order chi connectivity index (χ0) is 15.6. The lowest BCUT2D eigenvalue weighted by atomic mass is 9.99. The SMILES string of the molecule is COc1ccc(OC)c(C(O)c2c(F)ccc(Br)c2F)c1. The normalized spacial score (nSPS) is 12.1. The highest BCUT2D eigenvalue weighted by Gasteiger charge is 2.24. The van der Waals surface area contributed by atoms with Crippen LogP contribution in [0.25, 0.3) is 0 Å². The number of aliphatic hydroxyl groups is 1. The molecule has 0 fully saturated rings. The summed E-state index contributed by atoms with van der Waals surface area (Å²) in [6.07, 6.45) is -1.52. The van der Waals surface area contributed by atoms with E-state index in [-0.39, 0.29) is 10.0 Å². The second kappa shape index (κ2) is 6.41. The molecule has 2 aromatic rings. The molecule has 0 saturated heterocycles. The first kappa shape index (κ1) is 15.7. The van der Waals surface area contributed by atoms with Crippen LogP contribution in [0.5, 0.6) is 11.5 Å². The van der Waals surface area contributed by atoms with E-state index in [0.29, 0.717) is 11.5 Å². The van der Waals surface area contributed by atoms with Crippen LogP contribution in [0, 0.1) is 11.6 Å². The van der Waals surface area contributed by atoms with Crippen LogP contribution in [0.3, 0.4) is 0 Å². The van der Waals surface area contributed by atoms with Crippen LogP contribution in [0.15, 0.2) is 34.8 Å². The van der Waals surface area contributed by atoms with Gasteiger partial charge in [-0.05, 0) is 46.3 Å². The third-order valence-corrected chi connectivity index (χ3v) is 3.70. The quantitative estimate of drug-likeness (QED) is 0.844. The van der Waals surface area contributed by atoms with Gasteiger partial charge in [0.2, 0.25) is 0 Å². The van der Waals surface area contributed by atoms with Crippen molar-refractivity contribution in [1.82, 2.24) is 0 Å². The molecule has 1 N–H and O–H groups in total. The number of hydrogen-bond acceptors (Lipinski definition) is 3. The van der Waals surface area contributed by atoms with Crippen molar-refractivity contribution < 1.29 is 23.4 Å². The van der Waals surface area contributed by atoms with Gasteiger partial charge in [-0.2, -0.15) is 0 Å². The highest BCUT2D eigenvalue weighted by Crippen LogP contribution is 2.36. The lowest BCUT2D eigenvalue weighted by molar-refractivity contribution is 0.203. The van der Waals surface area contributed by atoms with Gasteiger partial charge in [-0.1, -0.05) is 0 Å². The second-order valence-electron chi connectivity index (χ2n) is 4.27. The molecule has 6 heteroatoms. The van der Waals surface area contributed by atoms with Gasteiger partial charge >= 0.3 is 0 Å². The van der Waals surface area contributed by atoms with E-state index >= 15 is 0 Å². The van der Waals surface area contributed by atoms with Crippen molar-refractivity contribution in [2.24, 2.45) is 0 Å². The van der Waals surface area contributed by atoms with E-state index < -0.39 is 23.3 Å². The number of hydrogen-bond donors (Lipinski definition) is 1. The molecule has 2 rings (SSSR count). The lowest BCUT2D eigenvalue weighted by Gasteiger charge is -2.18. The minimum Gasteiger partial charge on any atom is -0.497 e. The molecule has 3 nitrogen and oxygen atoms in total. The van der Waals surface area contributed by atoms with Crippen molar-refractivity contribution in [3.63, 3.8) is 0 Å². The zero-order valence-corrected chi connectivity index (χ0v) is 12.9. The third-order valence-electron chi connectivity index (χ3n) is 3.08. The minimum atomic E-state index is -1.52.